The molecular weight excluding hydrogens is 302 g/mol. The molecule has 0 N–H and O–H groups in total. The average molecular weight is 325 g/mol. The zero-order valence-electron chi connectivity index (χ0n) is 13.2. The smallest absolute Gasteiger partial charge is 0.256 e. The van der Waals surface area contributed by atoms with Gasteiger partial charge in [0.25, 0.3) is 5.91 Å². The average Bonchev–Trinajstić information content (AvgIpc) is 2.92. The van der Waals surface area contributed by atoms with Crippen molar-refractivity contribution in [1.29, 1.82) is 0 Å². The van der Waals surface area contributed by atoms with Crippen LogP contribution in [0.3, 0.4) is 0 Å². The van der Waals surface area contributed by atoms with Crippen LogP contribution in [0.4, 0.5) is 0 Å². The van der Waals surface area contributed by atoms with E-state index in [2.05, 4.69) is 15.3 Å². The van der Waals surface area contributed by atoms with E-state index in [0.29, 0.717) is 39.5 Å². The summed E-state index contributed by atoms with van der Waals surface area (Å²) in [7, 11) is 0. The van der Waals surface area contributed by atoms with Gasteiger partial charge in [0.2, 0.25) is 0 Å². The van der Waals surface area contributed by atoms with Crippen LogP contribution in [0.1, 0.15) is 17.6 Å². The summed E-state index contributed by atoms with van der Waals surface area (Å²) in [4.78, 5) is 21.4. The van der Waals surface area contributed by atoms with Crippen molar-refractivity contribution in [2.24, 2.45) is 0 Å². The van der Waals surface area contributed by atoms with E-state index in [1.807, 2.05) is 18.7 Å². The van der Waals surface area contributed by atoms with E-state index in [-0.39, 0.29) is 5.91 Å². The first kappa shape index (κ1) is 15.9. The van der Waals surface area contributed by atoms with Crippen molar-refractivity contribution in [2.45, 2.75) is 26.0 Å². The molecule has 0 bridgehead atoms. The minimum atomic E-state index is -0.763. The van der Waals surface area contributed by atoms with Gasteiger partial charge < -0.3 is 14.4 Å². The van der Waals surface area contributed by atoms with Crippen molar-refractivity contribution in [1.82, 2.24) is 14.8 Å². The molecule has 1 aromatic heterocycles. The Hall–Kier alpha value is -1.02. The summed E-state index contributed by atoms with van der Waals surface area (Å²) in [6.07, 6.45) is 0. The molecule has 0 radical (unpaired) electrons. The quantitative estimate of drug-likeness (QED) is 0.826. The van der Waals surface area contributed by atoms with Crippen LogP contribution in [0.15, 0.2) is 5.38 Å². The number of hydrogen-bond acceptors (Lipinski definition) is 6. The molecule has 0 saturated carbocycles. The third-order valence-electron chi connectivity index (χ3n) is 4.16. The summed E-state index contributed by atoms with van der Waals surface area (Å²) in [6, 6.07) is 0. The molecule has 2 aliphatic rings. The Kier molecular flexibility index (Phi) is 4.77. The van der Waals surface area contributed by atoms with Gasteiger partial charge in [-0.2, -0.15) is 0 Å². The van der Waals surface area contributed by atoms with Crippen LogP contribution in [-0.2, 0) is 20.8 Å². The maximum Gasteiger partial charge on any atom is 0.256 e. The number of morpholine rings is 2. The predicted octanol–water partition coefficient (Wildman–Crippen LogP) is 0.901. The Balaban J connectivity index is 1.64. The zero-order chi connectivity index (χ0) is 15.6. The molecule has 1 amide bonds. The number of thiazole rings is 1. The second kappa shape index (κ2) is 6.62. The molecule has 0 aliphatic carbocycles. The highest BCUT2D eigenvalue weighted by atomic mass is 32.1. The number of aryl methyl sites for hydroxylation is 1. The summed E-state index contributed by atoms with van der Waals surface area (Å²) in [5, 5.41) is 3.17. The van der Waals surface area contributed by atoms with Crippen molar-refractivity contribution >= 4 is 17.2 Å². The van der Waals surface area contributed by atoms with Gasteiger partial charge in [-0.1, -0.05) is 0 Å². The third kappa shape index (κ3) is 3.48. The van der Waals surface area contributed by atoms with Crippen molar-refractivity contribution in [3.63, 3.8) is 0 Å². The molecule has 0 spiro atoms. The molecule has 1 atom stereocenters. The lowest BCUT2D eigenvalue weighted by Gasteiger charge is -2.42. The number of rotatable bonds is 3. The highest BCUT2D eigenvalue weighted by molar-refractivity contribution is 7.09. The molecule has 122 valence electrons. The Morgan fingerprint density at radius 3 is 2.82 bits per heavy atom. The number of amides is 1. The molecule has 3 rings (SSSR count). The van der Waals surface area contributed by atoms with Crippen LogP contribution in [0.25, 0.3) is 0 Å². The maximum absolute atomic E-state index is 12.8. The Morgan fingerprint density at radius 2 is 2.14 bits per heavy atom. The molecule has 6 nitrogen and oxygen atoms in total. The molecule has 2 saturated heterocycles. The fourth-order valence-corrected chi connectivity index (χ4v) is 3.63. The largest absolute Gasteiger partial charge is 0.378 e. The Bertz CT molecular complexity index is 530. The number of carbonyl (C=O) groups is 1. The van der Waals surface area contributed by atoms with Gasteiger partial charge in [0, 0.05) is 38.1 Å². The first-order valence-corrected chi connectivity index (χ1v) is 8.59. The number of aromatic nitrogens is 1. The Labute approximate surface area is 135 Å². The van der Waals surface area contributed by atoms with E-state index >= 15 is 0 Å². The number of carbonyl (C=O) groups excluding carboxylic acids is 1. The van der Waals surface area contributed by atoms with Gasteiger partial charge in [0.1, 0.15) is 0 Å². The van der Waals surface area contributed by atoms with Gasteiger partial charge in [-0.25, -0.2) is 4.98 Å². The van der Waals surface area contributed by atoms with Gasteiger partial charge >= 0.3 is 0 Å². The molecule has 7 heteroatoms. The molecule has 2 fully saturated rings. The summed E-state index contributed by atoms with van der Waals surface area (Å²) < 4.78 is 11.2. The van der Waals surface area contributed by atoms with Crippen LogP contribution >= 0.6 is 11.3 Å². The molecule has 2 aliphatic heterocycles. The topological polar surface area (TPSA) is 54.9 Å². The zero-order valence-corrected chi connectivity index (χ0v) is 14.0. The monoisotopic (exact) mass is 325 g/mol. The van der Waals surface area contributed by atoms with Crippen LogP contribution in [0.2, 0.25) is 0 Å². The van der Waals surface area contributed by atoms with E-state index in [1.165, 1.54) is 0 Å². The van der Waals surface area contributed by atoms with E-state index in [0.717, 1.165) is 23.8 Å². The second-order valence-corrected chi connectivity index (χ2v) is 7.11. The van der Waals surface area contributed by atoms with Gasteiger partial charge in [-0.3, -0.25) is 9.69 Å². The molecule has 1 aromatic rings. The highest BCUT2D eigenvalue weighted by Crippen LogP contribution is 2.23. The van der Waals surface area contributed by atoms with Crippen molar-refractivity contribution in [3.8, 4) is 0 Å². The van der Waals surface area contributed by atoms with Gasteiger partial charge in [-0.15, -0.1) is 11.3 Å². The lowest BCUT2D eigenvalue weighted by molar-refractivity contribution is -0.171. The third-order valence-corrected chi connectivity index (χ3v) is 4.98. The molecule has 0 aromatic carbocycles. The van der Waals surface area contributed by atoms with Crippen molar-refractivity contribution < 1.29 is 14.3 Å². The molecule has 3 heterocycles. The molecule has 1 unspecified atom stereocenters. The van der Waals surface area contributed by atoms with Crippen LogP contribution in [0.5, 0.6) is 0 Å². The van der Waals surface area contributed by atoms with Crippen LogP contribution in [0, 0.1) is 6.92 Å². The first-order valence-electron chi connectivity index (χ1n) is 7.71. The summed E-state index contributed by atoms with van der Waals surface area (Å²) in [5.74, 6) is 0.0787. The fraction of sp³-hybridized carbons (Fsp3) is 0.733. The van der Waals surface area contributed by atoms with E-state index in [9.17, 15) is 4.79 Å². The normalized spacial score (nSPS) is 27.1. The van der Waals surface area contributed by atoms with E-state index in [4.69, 9.17) is 9.47 Å². The minimum Gasteiger partial charge on any atom is -0.378 e. The fourth-order valence-electron chi connectivity index (χ4n) is 3.03. The standard InChI is InChI=1S/C15H23N3O3S/c1-12-16-13(10-22-12)9-17-3-8-21-15(2,11-17)14(19)18-4-6-20-7-5-18/h10H,3-9,11H2,1-2H3. The maximum atomic E-state index is 12.8. The summed E-state index contributed by atoms with van der Waals surface area (Å²) in [5.41, 5.74) is 0.311. The first-order chi connectivity index (χ1) is 10.6. The lowest BCUT2D eigenvalue weighted by atomic mass is 10.0. The van der Waals surface area contributed by atoms with E-state index in [1.54, 1.807) is 11.3 Å². The second-order valence-electron chi connectivity index (χ2n) is 6.05. The predicted molar refractivity (Wildman–Crippen MR) is 83.9 cm³/mol. The number of ether oxygens (including phenoxy) is 2. The molecular formula is C15H23N3O3S. The van der Waals surface area contributed by atoms with Gasteiger partial charge in [-0.05, 0) is 13.8 Å². The highest BCUT2D eigenvalue weighted by Gasteiger charge is 2.42. The van der Waals surface area contributed by atoms with Gasteiger partial charge in [0.15, 0.2) is 5.60 Å². The van der Waals surface area contributed by atoms with Gasteiger partial charge in [0.05, 0.1) is 30.5 Å². The SMILES string of the molecule is Cc1nc(CN2CCOC(C)(C(=O)N3CCOCC3)C2)cs1. The minimum absolute atomic E-state index is 0.0787. The van der Waals surface area contributed by atoms with Crippen molar-refractivity contribution in [2.75, 3.05) is 46.0 Å². The van der Waals surface area contributed by atoms with Crippen molar-refractivity contribution in [3.05, 3.63) is 16.1 Å². The van der Waals surface area contributed by atoms with Crippen LogP contribution < -0.4 is 0 Å². The van der Waals surface area contributed by atoms with Crippen LogP contribution in [-0.4, -0.2) is 72.3 Å². The Morgan fingerprint density at radius 1 is 1.36 bits per heavy atom. The number of hydrogen-bond donors (Lipinski definition) is 0. The molecule has 22 heavy (non-hydrogen) atoms. The lowest BCUT2D eigenvalue weighted by Crippen LogP contribution is -2.60. The van der Waals surface area contributed by atoms with E-state index < -0.39 is 5.60 Å². The summed E-state index contributed by atoms with van der Waals surface area (Å²) in [6.45, 7) is 9.26. The summed E-state index contributed by atoms with van der Waals surface area (Å²) >= 11 is 1.66. The number of nitrogens with zero attached hydrogens (tertiary/aromatic N) is 3.